The van der Waals surface area contributed by atoms with Crippen LogP contribution in [0.25, 0.3) is 0 Å². The largest absolute Gasteiger partial charge is 0.370 e. The third kappa shape index (κ3) is 4.31. The minimum absolute atomic E-state index is 0.151. The second-order valence-corrected chi connectivity index (χ2v) is 5.33. The minimum Gasteiger partial charge on any atom is -0.370 e. The molecule has 0 spiro atoms. The number of carbonyl (C=O) groups is 1. The summed E-state index contributed by atoms with van der Waals surface area (Å²) in [6, 6.07) is 9.82. The molecule has 2 heteroatoms. The molecule has 0 aromatic heterocycles. The number of hydrogen-bond acceptors (Lipinski definition) is 2. The van der Waals surface area contributed by atoms with Gasteiger partial charge < -0.3 is 4.74 Å². The minimum atomic E-state index is -0.326. The summed E-state index contributed by atoms with van der Waals surface area (Å²) >= 11 is 0. The summed E-state index contributed by atoms with van der Waals surface area (Å²) in [7, 11) is 0. The zero-order valence-corrected chi connectivity index (χ0v) is 11.2. The Labute approximate surface area is 104 Å². The van der Waals surface area contributed by atoms with Gasteiger partial charge in [0.25, 0.3) is 0 Å². The molecular formula is C15H22O2. The standard InChI is InChI=1S/C15H22O2/c1-5-17-14(15(2,3)4)13(16)11-12-9-7-6-8-10-12/h6-10,14H,5,11H2,1-4H3. The lowest BCUT2D eigenvalue weighted by Crippen LogP contribution is -2.38. The van der Waals surface area contributed by atoms with Crippen LogP contribution in [0.5, 0.6) is 0 Å². The number of hydrogen-bond donors (Lipinski definition) is 0. The van der Waals surface area contributed by atoms with Crippen LogP contribution in [0.4, 0.5) is 0 Å². The average molecular weight is 234 g/mol. The molecule has 17 heavy (non-hydrogen) atoms. The van der Waals surface area contributed by atoms with Gasteiger partial charge in [-0.2, -0.15) is 0 Å². The molecule has 94 valence electrons. The molecule has 1 aromatic rings. The van der Waals surface area contributed by atoms with Gasteiger partial charge in [0, 0.05) is 13.0 Å². The van der Waals surface area contributed by atoms with Crippen LogP contribution in [0, 0.1) is 5.41 Å². The van der Waals surface area contributed by atoms with Crippen LogP contribution in [0.3, 0.4) is 0 Å². The average Bonchev–Trinajstić information content (AvgIpc) is 2.25. The van der Waals surface area contributed by atoms with Gasteiger partial charge in [0.2, 0.25) is 0 Å². The highest BCUT2D eigenvalue weighted by molar-refractivity contribution is 5.85. The molecule has 0 saturated heterocycles. The maximum atomic E-state index is 12.2. The van der Waals surface area contributed by atoms with Crippen molar-refractivity contribution in [2.45, 2.75) is 40.2 Å². The maximum Gasteiger partial charge on any atom is 0.166 e. The SMILES string of the molecule is CCOC(C(=O)Cc1ccccc1)C(C)(C)C. The summed E-state index contributed by atoms with van der Waals surface area (Å²) in [5, 5.41) is 0. The molecule has 0 heterocycles. The maximum absolute atomic E-state index is 12.2. The zero-order valence-electron chi connectivity index (χ0n) is 11.2. The van der Waals surface area contributed by atoms with Crippen LogP contribution in [0.15, 0.2) is 30.3 Å². The summed E-state index contributed by atoms with van der Waals surface area (Å²) in [5.74, 6) is 0.158. The number of benzene rings is 1. The van der Waals surface area contributed by atoms with Gasteiger partial charge in [0.05, 0.1) is 0 Å². The quantitative estimate of drug-likeness (QED) is 0.781. The second kappa shape index (κ2) is 5.97. The Morgan fingerprint density at radius 3 is 2.29 bits per heavy atom. The van der Waals surface area contributed by atoms with E-state index in [1.54, 1.807) is 0 Å². The van der Waals surface area contributed by atoms with E-state index in [9.17, 15) is 4.79 Å². The highest BCUT2D eigenvalue weighted by Gasteiger charge is 2.31. The van der Waals surface area contributed by atoms with E-state index in [4.69, 9.17) is 4.74 Å². The molecule has 0 aliphatic carbocycles. The molecule has 1 aromatic carbocycles. The number of ketones is 1. The molecule has 0 aliphatic heterocycles. The number of ether oxygens (including phenoxy) is 1. The van der Waals surface area contributed by atoms with E-state index in [2.05, 4.69) is 0 Å². The zero-order chi connectivity index (χ0) is 12.9. The lowest BCUT2D eigenvalue weighted by atomic mass is 9.84. The number of carbonyl (C=O) groups excluding carboxylic acids is 1. The molecule has 1 rings (SSSR count). The highest BCUT2D eigenvalue weighted by Crippen LogP contribution is 2.24. The van der Waals surface area contributed by atoms with Crippen molar-refractivity contribution in [1.82, 2.24) is 0 Å². The fraction of sp³-hybridized carbons (Fsp3) is 0.533. The Bertz CT molecular complexity index is 349. The summed E-state index contributed by atoms with van der Waals surface area (Å²) in [6.07, 6.45) is 0.121. The van der Waals surface area contributed by atoms with Gasteiger partial charge in [-0.05, 0) is 17.9 Å². The van der Waals surface area contributed by atoms with Gasteiger partial charge in [-0.25, -0.2) is 0 Å². The van der Waals surface area contributed by atoms with Gasteiger partial charge in [-0.15, -0.1) is 0 Å². The Hall–Kier alpha value is -1.15. The monoisotopic (exact) mass is 234 g/mol. The lowest BCUT2D eigenvalue weighted by molar-refractivity contribution is -0.136. The Morgan fingerprint density at radius 2 is 1.82 bits per heavy atom. The van der Waals surface area contributed by atoms with Crippen LogP contribution in [-0.2, 0) is 16.0 Å². The topological polar surface area (TPSA) is 26.3 Å². The third-order valence-corrected chi connectivity index (χ3v) is 2.63. The van der Waals surface area contributed by atoms with Crippen molar-refractivity contribution in [3.8, 4) is 0 Å². The van der Waals surface area contributed by atoms with E-state index >= 15 is 0 Å². The second-order valence-electron chi connectivity index (χ2n) is 5.33. The Balaban J connectivity index is 2.73. The molecule has 2 nitrogen and oxygen atoms in total. The van der Waals surface area contributed by atoms with Gasteiger partial charge in [-0.1, -0.05) is 51.1 Å². The number of rotatable bonds is 5. The molecule has 0 N–H and O–H groups in total. The van der Waals surface area contributed by atoms with Crippen molar-refractivity contribution in [2.75, 3.05) is 6.61 Å². The molecule has 0 fully saturated rings. The third-order valence-electron chi connectivity index (χ3n) is 2.63. The van der Waals surface area contributed by atoms with Crippen molar-refractivity contribution < 1.29 is 9.53 Å². The van der Waals surface area contributed by atoms with Crippen molar-refractivity contribution in [1.29, 1.82) is 0 Å². The van der Waals surface area contributed by atoms with E-state index in [1.165, 1.54) is 0 Å². The van der Waals surface area contributed by atoms with Gasteiger partial charge >= 0.3 is 0 Å². The molecule has 0 bridgehead atoms. The number of Topliss-reactive ketones (excluding diaryl/α,β-unsaturated/α-hetero) is 1. The Kier molecular flexibility index (Phi) is 4.88. The van der Waals surface area contributed by atoms with Crippen LogP contribution < -0.4 is 0 Å². The molecule has 0 amide bonds. The highest BCUT2D eigenvalue weighted by atomic mass is 16.5. The fourth-order valence-corrected chi connectivity index (χ4v) is 1.88. The molecule has 1 unspecified atom stereocenters. The van der Waals surface area contributed by atoms with Crippen molar-refractivity contribution >= 4 is 5.78 Å². The molecule has 1 atom stereocenters. The van der Waals surface area contributed by atoms with Crippen LogP contribution in [0.2, 0.25) is 0 Å². The van der Waals surface area contributed by atoms with Gasteiger partial charge in [-0.3, -0.25) is 4.79 Å². The first-order valence-electron chi connectivity index (χ1n) is 6.13. The molecular weight excluding hydrogens is 212 g/mol. The molecule has 0 aliphatic rings. The van der Waals surface area contributed by atoms with Crippen LogP contribution >= 0.6 is 0 Å². The predicted molar refractivity (Wildman–Crippen MR) is 70.0 cm³/mol. The van der Waals surface area contributed by atoms with Gasteiger partial charge in [0.1, 0.15) is 6.10 Å². The van der Waals surface area contributed by atoms with E-state index in [0.717, 1.165) is 5.56 Å². The first-order chi connectivity index (χ1) is 7.95. The molecule has 0 saturated carbocycles. The fourth-order valence-electron chi connectivity index (χ4n) is 1.88. The Morgan fingerprint density at radius 1 is 1.24 bits per heavy atom. The summed E-state index contributed by atoms with van der Waals surface area (Å²) < 4.78 is 5.59. The predicted octanol–water partition coefficient (Wildman–Crippen LogP) is 3.25. The van der Waals surface area contributed by atoms with Crippen LogP contribution in [-0.4, -0.2) is 18.5 Å². The summed E-state index contributed by atoms with van der Waals surface area (Å²) in [6.45, 7) is 8.61. The summed E-state index contributed by atoms with van der Waals surface area (Å²) in [4.78, 5) is 12.2. The lowest BCUT2D eigenvalue weighted by Gasteiger charge is -2.29. The van der Waals surface area contributed by atoms with Crippen LogP contribution in [0.1, 0.15) is 33.3 Å². The summed E-state index contributed by atoms with van der Waals surface area (Å²) in [5.41, 5.74) is 0.897. The molecule has 0 radical (unpaired) electrons. The first kappa shape index (κ1) is 13.9. The van der Waals surface area contributed by atoms with Crippen molar-refractivity contribution in [2.24, 2.45) is 5.41 Å². The smallest absolute Gasteiger partial charge is 0.166 e. The van der Waals surface area contributed by atoms with Gasteiger partial charge in [0.15, 0.2) is 5.78 Å². The van der Waals surface area contributed by atoms with E-state index in [0.29, 0.717) is 13.0 Å². The van der Waals surface area contributed by atoms with E-state index < -0.39 is 0 Å². The van der Waals surface area contributed by atoms with E-state index in [1.807, 2.05) is 58.0 Å². The first-order valence-corrected chi connectivity index (χ1v) is 6.13. The van der Waals surface area contributed by atoms with E-state index in [-0.39, 0.29) is 17.3 Å². The normalized spacial score (nSPS) is 13.4. The van der Waals surface area contributed by atoms with Crippen molar-refractivity contribution in [3.63, 3.8) is 0 Å². The van der Waals surface area contributed by atoms with Crippen molar-refractivity contribution in [3.05, 3.63) is 35.9 Å².